The van der Waals surface area contributed by atoms with Gasteiger partial charge in [0.1, 0.15) is 5.69 Å². The van der Waals surface area contributed by atoms with Gasteiger partial charge in [-0.2, -0.15) is 5.10 Å². The molecular formula is C12H14N4. The van der Waals surface area contributed by atoms with E-state index in [9.17, 15) is 0 Å². The Morgan fingerprint density at radius 1 is 1.31 bits per heavy atom. The minimum Gasteiger partial charge on any atom is -0.308 e. The Hall–Kier alpha value is -1.68. The zero-order chi connectivity index (χ0) is 10.8. The number of aromatic nitrogens is 3. The highest BCUT2D eigenvalue weighted by Gasteiger charge is 2.20. The molecule has 2 aromatic heterocycles. The molecule has 0 saturated heterocycles. The van der Waals surface area contributed by atoms with Crippen LogP contribution >= 0.6 is 0 Å². The van der Waals surface area contributed by atoms with Crippen LogP contribution in [0.4, 0.5) is 0 Å². The summed E-state index contributed by atoms with van der Waals surface area (Å²) in [6, 6.07) is 8.62. The fourth-order valence-corrected chi connectivity index (χ4v) is 1.64. The highest BCUT2D eigenvalue weighted by Crippen LogP contribution is 2.20. The maximum atomic E-state index is 4.27. The smallest absolute Gasteiger partial charge is 0.111 e. The number of pyridine rings is 1. The molecule has 2 aromatic rings. The van der Waals surface area contributed by atoms with Crippen LogP contribution in [0.25, 0.3) is 11.4 Å². The number of rotatable bonds is 4. The second kappa shape index (κ2) is 4.06. The molecule has 0 aromatic carbocycles. The summed E-state index contributed by atoms with van der Waals surface area (Å²) in [5.74, 6) is 0. The maximum Gasteiger partial charge on any atom is 0.111 e. The van der Waals surface area contributed by atoms with Crippen LogP contribution in [0.1, 0.15) is 18.5 Å². The van der Waals surface area contributed by atoms with Gasteiger partial charge in [0.2, 0.25) is 0 Å². The molecule has 0 atom stereocenters. The number of aromatic amines is 1. The van der Waals surface area contributed by atoms with Crippen molar-refractivity contribution < 1.29 is 0 Å². The van der Waals surface area contributed by atoms with E-state index in [0.717, 1.165) is 29.7 Å². The van der Waals surface area contributed by atoms with Crippen molar-refractivity contribution in [1.82, 2.24) is 20.5 Å². The first-order valence-electron chi connectivity index (χ1n) is 5.61. The summed E-state index contributed by atoms with van der Waals surface area (Å²) in [4.78, 5) is 4.27. The highest BCUT2D eigenvalue weighted by atomic mass is 15.1. The van der Waals surface area contributed by atoms with Crippen LogP contribution in [0, 0.1) is 0 Å². The Morgan fingerprint density at radius 3 is 3.00 bits per heavy atom. The number of H-pyrrole nitrogens is 1. The Bertz CT molecular complexity index is 459. The van der Waals surface area contributed by atoms with Gasteiger partial charge in [0.25, 0.3) is 0 Å². The maximum absolute atomic E-state index is 4.27. The van der Waals surface area contributed by atoms with Crippen molar-refractivity contribution in [3.05, 3.63) is 36.2 Å². The molecule has 1 aliphatic carbocycles. The molecular weight excluding hydrogens is 200 g/mol. The van der Waals surface area contributed by atoms with Crippen molar-refractivity contribution in [2.45, 2.75) is 25.4 Å². The molecule has 2 heterocycles. The number of nitrogens with zero attached hydrogens (tertiary/aromatic N) is 2. The van der Waals surface area contributed by atoms with Crippen molar-refractivity contribution in [2.75, 3.05) is 0 Å². The monoisotopic (exact) mass is 214 g/mol. The number of nitrogens with one attached hydrogen (secondary N) is 2. The van der Waals surface area contributed by atoms with Gasteiger partial charge >= 0.3 is 0 Å². The Labute approximate surface area is 94.1 Å². The van der Waals surface area contributed by atoms with Gasteiger partial charge in [-0.25, -0.2) is 0 Å². The summed E-state index contributed by atoms with van der Waals surface area (Å²) in [6.07, 6.45) is 4.40. The number of hydrogen-bond acceptors (Lipinski definition) is 3. The van der Waals surface area contributed by atoms with Crippen molar-refractivity contribution >= 4 is 0 Å². The van der Waals surface area contributed by atoms with Crippen molar-refractivity contribution in [3.8, 4) is 11.4 Å². The van der Waals surface area contributed by atoms with Gasteiger partial charge in [-0.15, -0.1) is 0 Å². The van der Waals surface area contributed by atoms with E-state index < -0.39 is 0 Å². The summed E-state index contributed by atoms with van der Waals surface area (Å²) >= 11 is 0. The zero-order valence-corrected chi connectivity index (χ0v) is 8.98. The molecule has 0 bridgehead atoms. The summed E-state index contributed by atoms with van der Waals surface area (Å²) in [6.45, 7) is 0.866. The topological polar surface area (TPSA) is 53.6 Å². The predicted octanol–water partition coefficient (Wildman–Crippen LogP) is 1.72. The lowest BCUT2D eigenvalue weighted by molar-refractivity contribution is 0.672. The molecule has 3 rings (SSSR count). The lowest BCUT2D eigenvalue weighted by Crippen LogP contribution is -2.15. The molecule has 82 valence electrons. The molecule has 4 heteroatoms. The Kier molecular flexibility index (Phi) is 2.42. The summed E-state index contributed by atoms with van der Waals surface area (Å²) < 4.78 is 0. The molecule has 4 nitrogen and oxygen atoms in total. The number of hydrogen-bond donors (Lipinski definition) is 2. The van der Waals surface area contributed by atoms with Crippen molar-refractivity contribution in [1.29, 1.82) is 0 Å². The second-order valence-corrected chi connectivity index (χ2v) is 4.15. The Morgan fingerprint density at radius 2 is 2.25 bits per heavy atom. The zero-order valence-electron chi connectivity index (χ0n) is 8.98. The van der Waals surface area contributed by atoms with Crippen molar-refractivity contribution in [2.24, 2.45) is 0 Å². The molecule has 0 aliphatic heterocycles. The fourth-order valence-electron chi connectivity index (χ4n) is 1.64. The standard InChI is InChI=1S/C12H14N4/c1-2-6-13-11(3-1)12-7-10(15-16-12)8-14-9-4-5-9/h1-3,6-7,9,14H,4-5,8H2,(H,15,16). The predicted molar refractivity (Wildman–Crippen MR) is 61.7 cm³/mol. The van der Waals surface area contributed by atoms with E-state index in [4.69, 9.17) is 0 Å². The lowest BCUT2D eigenvalue weighted by Gasteiger charge is -1.97. The summed E-state index contributed by atoms with van der Waals surface area (Å²) in [5, 5.41) is 10.7. The van der Waals surface area contributed by atoms with E-state index in [0.29, 0.717) is 0 Å². The van der Waals surface area contributed by atoms with Gasteiger partial charge in [-0.05, 0) is 31.0 Å². The van der Waals surface area contributed by atoms with Crippen LogP contribution in [0.2, 0.25) is 0 Å². The van der Waals surface area contributed by atoms with Crippen LogP contribution in [0.5, 0.6) is 0 Å². The third-order valence-electron chi connectivity index (χ3n) is 2.72. The van der Waals surface area contributed by atoms with Crippen LogP contribution in [0.3, 0.4) is 0 Å². The van der Waals surface area contributed by atoms with E-state index in [-0.39, 0.29) is 0 Å². The first kappa shape index (κ1) is 9.54. The van der Waals surface area contributed by atoms with E-state index in [2.05, 4.69) is 26.6 Å². The molecule has 0 unspecified atom stereocenters. The molecule has 1 aliphatic rings. The minimum atomic E-state index is 0.724. The molecule has 1 fully saturated rings. The van der Waals surface area contributed by atoms with Gasteiger partial charge < -0.3 is 5.32 Å². The highest BCUT2D eigenvalue weighted by molar-refractivity contribution is 5.53. The molecule has 16 heavy (non-hydrogen) atoms. The summed E-state index contributed by atoms with van der Waals surface area (Å²) in [5.41, 5.74) is 2.94. The Balaban J connectivity index is 1.71. The molecule has 0 spiro atoms. The average Bonchev–Trinajstić information content (AvgIpc) is 3.05. The molecule has 0 amide bonds. The van der Waals surface area contributed by atoms with E-state index >= 15 is 0 Å². The van der Waals surface area contributed by atoms with Gasteiger partial charge in [0, 0.05) is 24.5 Å². The first-order chi connectivity index (χ1) is 7.92. The largest absolute Gasteiger partial charge is 0.308 e. The SMILES string of the molecule is c1ccc(-c2cc(CNC3CC3)[nH]n2)nc1. The second-order valence-electron chi connectivity index (χ2n) is 4.15. The normalized spacial score (nSPS) is 15.2. The van der Waals surface area contributed by atoms with E-state index in [1.54, 1.807) is 6.20 Å². The van der Waals surface area contributed by atoms with Crippen LogP contribution in [0.15, 0.2) is 30.5 Å². The first-order valence-corrected chi connectivity index (χ1v) is 5.61. The quantitative estimate of drug-likeness (QED) is 0.814. The summed E-state index contributed by atoms with van der Waals surface area (Å²) in [7, 11) is 0. The van der Waals surface area contributed by atoms with Crippen LogP contribution in [-0.2, 0) is 6.54 Å². The van der Waals surface area contributed by atoms with E-state index in [1.165, 1.54) is 12.8 Å². The third-order valence-corrected chi connectivity index (χ3v) is 2.72. The van der Waals surface area contributed by atoms with Gasteiger partial charge in [-0.3, -0.25) is 10.1 Å². The van der Waals surface area contributed by atoms with Crippen LogP contribution in [-0.4, -0.2) is 21.2 Å². The van der Waals surface area contributed by atoms with Gasteiger partial charge in [0.05, 0.1) is 5.69 Å². The average molecular weight is 214 g/mol. The lowest BCUT2D eigenvalue weighted by atomic mass is 10.2. The molecule has 0 radical (unpaired) electrons. The van der Waals surface area contributed by atoms with Crippen LogP contribution < -0.4 is 5.32 Å². The molecule has 2 N–H and O–H groups in total. The van der Waals surface area contributed by atoms with Gasteiger partial charge in [-0.1, -0.05) is 6.07 Å². The van der Waals surface area contributed by atoms with Gasteiger partial charge in [0.15, 0.2) is 0 Å². The molecule has 1 saturated carbocycles. The van der Waals surface area contributed by atoms with E-state index in [1.807, 2.05) is 18.2 Å². The third kappa shape index (κ3) is 2.12. The minimum absolute atomic E-state index is 0.724. The van der Waals surface area contributed by atoms with Crippen molar-refractivity contribution in [3.63, 3.8) is 0 Å². The fraction of sp³-hybridized carbons (Fsp3) is 0.333.